The lowest BCUT2D eigenvalue weighted by Gasteiger charge is -2.34. The molecule has 0 bridgehead atoms. The van der Waals surface area contributed by atoms with Gasteiger partial charge in [0.2, 0.25) is 15.9 Å². The third-order valence-electron chi connectivity index (χ3n) is 5.46. The molecular formula is C21H28N2O3S2. The Morgan fingerprint density at radius 1 is 1.11 bits per heavy atom. The summed E-state index contributed by atoms with van der Waals surface area (Å²) in [6, 6.07) is 11.3. The van der Waals surface area contributed by atoms with Crippen LogP contribution < -0.4 is 0 Å². The lowest BCUT2D eigenvalue weighted by Crippen LogP contribution is -2.50. The van der Waals surface area contributed by atoms with Gasteiger partial charge in [-0.2, -0.15) is 4.31 Å². The summed E-state index contributed by atoms with van der Waals surface area (Å²) in [4.78, 5) is 15.7. The van der Waals surface area contributed by atoms with E-state index < -0.39 is 10.0 Å². The monoisotopic (exact) mass is 420 g/mol. The smallest absolute Gasteiger partial charge is 0.243 e. The maximum atomic E-state index is 12.9. The first-order chi connectivity index (χ1) is 13.4. The van der Waals surface area contributed by atoms with Crippen molar-refractivity contribution in [2.75, 3.05) is 26.2 Å². The van der Waals surface area contributed by atoms with E-state index in [4.69, 9.17) is 0 Å². The van der Waals surface area contributed by atoms with E-state index >= 15 is 0 Å². The Morgan fingerprint density at radius 2 is 1.79 bits per heavy atom. The predicted octanol–water partition coefficient (Wildman–Crippen LogP) is 3.73. The molecule has 28 heavy (non-hydrogen) atoms. The molecule has 2 aromatic rings. The zero-order valence-corrected chi connectivity index (χ0v) is 18.1. The van der Waals surface area contributed by atoms with Crippen molar-refractivity contribution in [3.63, 3.8) is 0 Å². The average molecular weight is 421 g/mol. The molecule has 1 fully saturated rings. The number of nitrogens with zero attached hydrogens (tertiary/aromatic N) is 2. The van der Waals surface area contributed by atoms with Gasteiger partial charge in [0, 0.05) is 37.5 Å². The SMILES string of the molecule is CC[C@@H](C)c1ccc(S(=O)(=O)N2CCN(C(=O)CCc3cccs3)CC2)cc1. The molecule has 1 aromatic heterocycles. The Balaban J connectivity index is 1.56. The molecule has 1 aliphatic heterocycles. The lowest BCUT2D eigenvalue weighted by molar-refractivity contribution is -0.132. The van der Waals surface area contributed by atoms with Gasteiger partial charge in [-0.05, 0) is 47.9 Å². The summed E-state index contributed by atoms with van der Waals surface area (Å²) >= 11 is 1.66. The van der Waals surface area contributed by atoms with Crippen molar-refractivity contribution in [2.24, 2.45) is 0 Å². The Labute approximate surface area is 172 Å². The van der Waals surface area contributed by atoms with E-state index in [2.05, 4.69) is 13.8 Å². The van der Waals surface area contributed by atoms with Gasteiger partial charge in [-0.15, -0.1) is 11.3 Å². The molecule has 2 heterocycles. The molecule has 5 nitrogen and oxygen atoms in total. The highest BCUT2D eigenvalue weighted by Crippen LogP contribution is 2.23. The molecule has 1 aliphatic rings. The van der Waals surface area contributed by atoms with Crippen molar-refractivity contribution < 1.29 is 13.2 Å². The Hall–Kier alpha value is -1.70. The number of thiophene rings is 1. The second kappa shape index (κ2) is 9.20. The minimum absolute atomic E-state index is 0.100. The maximum Gasteiger partial charge on any atom is 0.243 e. The fourth-order valence-electron chi connectivity index (χ4n) is 3.37. The van der Waals surface area contributed by atoms with Gasteiger partial charge in [-0.1, -0.05) is 32.0 Å². The second-order valence-electron chi connectivity index (χ2n) is 7.24. The fourth-order valence-corrected chi connectivity index (χ4v) is 5.51. The number of carbonyl (C=O) groups is 1. The highest BCUT2D eigenvalue weighted by molar-refractivity contribution is 7.89. The molecular weight excluding hydrogens is 392 g/mol. The van der Waals surface area contributed by atoms with Crippen LogP contribution in [-0.2, 0) is 21.2 Å². The van der Waals surface area contributed by atoms with Crippen LogP contribution in [0.25, 0.3) is 0 Å². The molecule has 0 spiro atoms. The number of piperazine rings is 1. The number of hydrogen-bond donors (Lipinski definition) is 0. The first-order valence-electron chi connectivity index (χ1n) is 9.82. The fraction of sp³-hybridized carbons (Fsp3) is 0.476. The average Bonchev–Trinajstić information content (AvgIpc) is 3.25. The van der Waals surface area contributed by atoms with Crippen molar-refractivity contribution in [1.29, 1.82) is 0 Å². The van der Waals surface area contributed by atoms with E-state index in [9.17, 15) is 13.2 Å². The van der Waals surface area contributed by atoms with E-state index in [0.29, 0.717) is 43.4 Å². The van der Waals surface area contributed by atoms with Crippen molar-refractivity contribution >= 4 is 27.3 Å². The molecule has 0 saturated carbocycles. The third-order valence-corrected chi connectivity index (χ3v) is 8.31. The van der Waals surface area contributed by atoms with E-state index in [-0.39, 0.29) is 5.91 Å². The molecule has 1 saturated heterocycles. The standard InChI is InChI=1S/C21H28N2O3S2/c1-3-17(2)18-6-9-20(10-7-18)28(25,26)23-14-12-22(13-15-23)21(24)11-8-19-5-4-16-27-19/h4-7,9-10,16-17H,3,8,11-15H2,1-2H3/t17-/m1/s1. The predicted molar refractivity (Wildman–Crippen MR) is 113 cm³/mol. The molecule has 0 N–H and O–H groups in total. The van der Waals surface area contributed by atoms with Gasteiger partial charge in [0.05, 0.1) is 4.90 Å². The zero-order chi connectivity index (χ0) is 20.1. The summed E-state index contributed by atoms with van der Waals surface area (Å²) in [7, 11) is -3.51. The van der Waals surface area contributed by atoms with Crippen LogP contribution in [0.4, 0.5) is 0 Å². The van der Waals surface area contributed by atoms with Crippen LogP contribution in [-0.4, -0.2) is 49.7 Å². The zero-order valence-electron chi connectivity index (χ0n) is 16.5. The number of aryl methyl sites for hydroxylation is 1. The largest absolute Gasteiger partial charge is 0.340 e. The van der Waals surface area contributed by atoms with Crippen LogP contribution in [0.15, 0.2) is 46.7 Å². The molecule has 0 radical (unpaired) electrons. The molecule has 0 aliphatic carbocycles. The van der Waals surface area contributed by atoms with E-state index in [1.807, 2.05) is 29.6 Å². The summed E-state index contributed by atoms with van der Waals surface area (Å²) in [5.74, 6) is 0.517. The first-order valence-corrected chi connectivity index (χ1v) is 12.1. The van der Waals surface area contributed by atoms with Crippen LogP contribution in [0.5, 0.6) is 0 Å². The molecule has 0 unspecified atom stereocenters. The number of amides is 1. The quantitative estimate of drug-likeness (QED) is 0.686. The van der Waals surface area contributed by atoms with Crippen molar-refractivity contribution in [2.45, 2.75) is 43.9 Å². The second-order valence-corrected chi connectivity index (χ2v) is 10.2. The Morgan fingerprint density at radius 3 is 2.36 bits per heavy atom. The van der Waals surface area contributed by atoms with Crippen molar-refractivity contribution in [3.8, 4) is 0 Å². The summed E-state index contributed by atoms with van der Waals surface area (Å²) in [5, 5.41) is 2.01. The van der Waals surface area contributed by atoms with Gasteiger partial charge in [0.25, 0.3) is 0 Å². The number of hydrogen-bond acceptors (Lipinski definition) is 4. The molecule has 7 heteroatoms. The van der Waals surface area contributed by atoms with Crippen LogP contribution in [0.3, 0.4) is 0 Å². The highest BCUT2D eigenvalue weighted by atomic mass is 32.2. The van der Waals surface area contributed by atoms with Crippen LogP contribution >= 0.6 is 11.3 Å². The summed E-state index contributed by atoms with van der Waals surface area (Å²) in [6.45, 7) is 5.86. The lowest BCUT2D eigenvalue weighted by atomic mass is 9.99. The topological polar surface area (TPSA) is 57.7 Å². The summed E-state index contributed by atoms with van der Waals surface area (Å²) < 4.78 is 27.3. The molecule has 3 rings (SSSR count). The Kier molecular flexibility index (Phi) is 6.91. The summed E-state index contributed by atoms with van der Waals surface area (Å²) in [6.07, 6.45) is 2.25. The minimum atomic E-state index is -3.51. The summed E-state index contributed by atoms with van der Waals surface area (Å²) in [5.41, 5.74) is 1.16. The van der Waals surface area contributed by atoms with E-state index in [0.717, 1.165) is 18.4 Å². The number of rotatable bonds is 7. The van der Waals surface area contributed by atoms with Gasteiger partial charge >= 0.3 is 0 Å². The van der Waals surface area contributed by atoms with Crippen molar-refractivity contribution in [3.05, 3.63) is 52.2 Å². The van der Waals surface area contributed by atoms with Crippen LogP contribution in [0.1, 0.15) is 43.0 Å². The van der Waals surface area contributed by atoms with Gasteiger partial charge in [-0.3, -0.25) is 4.79 Å². The number of benzene rings is 1. The highest BCUT2D eigenvalue weighted by Gasteiger charge is 2.30. The minimum Gasteiger partial charge on any atom is -0.340 e. The molecule has 1 aromatic carbocycles. The van der Waals surface area contributed by atoms with Crippen LogP contribution in [0, 0.1) is 0 Å². The third kappa shape index (κ3) is 4.82. The van der Waals surface area contributed by atoms with E-state index in [1.54, 1.807) is 28.4 Å². The van der Waals surface area contributed by atoms with Gasteiger partial charge in [-0.25, -0.2) is 8.42 Å². The molecule has 1 atom stereocenters. The van der Waals surface area contributed by atoms with Gasteiger partial charge in [0.1, 0.15) is 0 Å². The first kappa shape index (κ1) is 21.0. The van der Waals surface area contributed by atoms with E-state index in [1.165, 1.54) is 9.18 Å². The van der Waals surface area contributed by atoms with Crippen molar-refractivity contribution in [1.82, 2.24) is 9.21 Å². The maximum absolute atomic E-state index is 12.9. The normalized spacial score (nSPS) is 16.9. The number of sulfonamides is 1. The van der Waals surface area contributed by atoms with Gasteiger partial charge in [0.15, 0.2) is 0 Å². The van der Waals surface area contributed by atoms with Crippen LogP contribution in [0.2, 0.25) is 0 Å². The molecule has 152 valence electrons. The van der Waals surface area contributed by atoms with Gasteiger partial charge < -0.3 is 4.90 Å². The number of carbonyl (C=O) groups excluding carboxylic acids is 1. The molecule has 1 amide bonds. The Bertz CT molecular complexity index is 869.